The summed E-state index contributed by atoms with van der Waals surface area (Å²) in [6.07, 6.45) is 0. The Labute approximate surface area is 198 Å². The van der Waals surface area contributed by atoms with Crippen molar-refractivity contribution in [2.24, 2.45) is 0 Å². The zero-order valence-electron chi connectivity index (χ0n) is 18.0. The van der Waals surface area contributed by atoms with E-state index in [1.54, 1.807) is 31.2 Å². The maximum Gasteiger partial charge on any atom is 0.341 e. The summed E-state index contributed by atoms with van der Waals surface area (Å²) >= 11 is 7.03. The fraction of sp³-hybridized carbons (Fsp3) is 0.174. The van der Waals surface area contributed by atoms with Gasteiger partial charge in [0.25, 0.3) is 11.8 Å². The summed E-state index contributed by atoms with van der Waals surface area (Å²) < 4.78 is 23.1. The Kier molecular flexibility index (Phi) is 7.67. The van der Waals surface area contributed by atoms with Crippen LogP contribution in [0.5, 0.6) is 5.75 Å². The van der Waals surface area contributed by atoms with Gasteiger partial charge in [0.2, 0.25) is 0 Å². The van der Waals surface area contributed by atoms with E-state index in [4.69, 9.17) is 21.1 Å². The van der Waals surface area contributed by atoms with Crippen LogP contribution in [0.4, 0.5) is 9.39 Å². The minimum absolute atomic E-state index is 0.00967. The Morgan fingerprint density at radius 1 is 1.03 bits per heavy atom. The van der Waals surface area contributed by atoms with Crippen molar-refractivity contribution in [1.82, 2.24) is 5.32 Å². The molecule has 0 unspecified atom stereocenters. The van der Waals surface area contributed by atoms with Gasteiger partial charge in [-0.05, 0) is 54.4 Å². The van der Waals surface area contributed by atoms with Gasteiger partial charge in [0.1, 0.15) is 17.1 Å². The van der Waals surface area contributed by atoms with E-state index >= 15 is 0 Å². The first-order chi connectivity index (χ1) is 15.7. The Balaban J connectivity index is 1.69. The summed E-state index contributed by atoms with van der Waals surface area (Å²) in [6, 6.07) is 10.1. The highest BCUT2D eigenvalue weighted by atomic mass is 35.5. The van der Waals surface area contributed by atoms with Crippen molar-refractivity contribution < 1.29 is 28.2 Å². The molecule has 3 rings (SSSR count). The van der Waals surface area contributed by atoms with Crippen molar-refractivity contribution in [3.05, 3.63) is 80.4 Å². The van der Waals surface area contributed by atoms with Crippen molar-refractivity contribution in [3.63, 3.8) is 0 Å². The normalized spacial score (nSPS) is 10.5. The van der Waals surface area contributed by atoms with Crippen LogP contribution in [0.1, 0.15) is 41.5 Å². The summed E-state index contributed by atoms with van der Waals surface area (Å²) in [5, 5.41) is 5.90. The lowest BCUT2D eigenvalue weighted by Crippen LogP contribution is -2.22. The topological polar surface area (TPSA) is 93.7 Å². The van der Waals surface area contributed by atoms with Gasteiger partial charge < -0.3 is 20.1 Å². The lowest BCUT2D eigenvalue weighted by molar-refractivity contribution is 0.0596. The van der Waals surface area contributed by atoms with Crippen LogP contribution in [-0.4, -0.2) is 32.0 Å². The first-order valence-electron chi connectivity index (χ1n) is 9.63. The summed E-state index contributed by atoms with van der Waals surface area (Å²) in [5.74, 6) is -1.57. The Hall–Kier alpha value is -3.43. The molecule has 1 aromatic heterocycles. The number of amides is 2. The average molecular weight is 491 g/mol. The van der Waals surface area contributed by atoms with Crippen molar-refractivity contribution in [3.8, 4) is 5.75 Å². The quantitative estimate of drug-likeness (QED) is 0.463. The van der Waals surface area contributed by atoms with Gasteiger partial charge in [-0.1, -0.05) is 17.7 Å². The number of carbonyl (C=O) groups is 3. The molecule has 10 heteroatoms. The first-order valence-corrected chi connectivity index (χ1v) is 10.8. The van der Waals surface area contributed by atoms with Crippen LogP contribution in [0.2, 0.25) is 5.02 Å². The monoisotopic (exact) mass is 490 g/mol. The fourth-order valence-corrected chi connectivity index (χ4v) is 4.26. The van der Waals surface area contributed by atoms with E-state index in [0.29, 0.717) is 26.8 Å². The Bertz CT molecular complexity index is 1230. The third-order valence-corrected chi connectivity index (χ3v) is 6.12. The molecule has 172 valence electrons. The number of carbonyl (C=O) groups excluding carboxylic acids is 3. The maximum atomic E-state index is 13.2. The molecule has 7 nitrogen and oxygen atoms in total. The summed E-state index contributed by atoms with van der Waals surface area (Å²) in [6.45, 7) is 1.91. The molecular weight excluding hydrogens is 471 g/mol. The molecule has 0 spiro atoms. The summed E-state index contributed by atoms with van der Waals surface area (Å²) in [7, 11) is 2.72. The largest absolute Gasteiger partial charge is 0.496 e. The molecule has 0 aliphatic heterocycles. The molecule has 0 atom stereocenters. The molecule has 3 aromatic rings. The molecule has 0 fully saturated rings. The molecule has 2 amide bonds. The second-order valence-electron chi connectivity index (χ2n) is 6.91. The van der Waals surface area contributed by atoms with E-state index in [2.05, 4.69) is 10.6 Å². The standard InChI is InChI=1S/C23H20ClFN2O5S/c1-12-8-19(27-21(28)15-6-5-14(25)10-17(15)24)33-20(12)22(29)26-11-13-4-7-18(31-2)16(9-13)23(30)32-3/h4-10H,11H2,1-3H3,(H,26,29)(H,27,28). The molecular formula is C23H20ClFN2O5S. The minimum Gasteiger partial charge on any atom is -0.496 e. The van der Waals surface area contributed by atoms with Crippen molar-refractivity contribution >= 4 is 45.7 Å². The van der Waals surface area contributed by atoms with Gasteiger partial charge >= 0.3 is 5.97 Å². The summed E-state index contributed by atoms with van der Waals surface area (Å²) in [5.41, 5.74) is 1.72. The van der Waals surface area contributed by atoms with Gasteiger partial charge in [0.05, 0.1) is 34.7 Å². The molecule has 2 N–H and O–H groups in total. The number of nitrogens with one attached hydrogen (secondary N) is 2. The zero-order chi connectivity index (χ0) is 24.1. The van der Waals surface area contributed by atoms with Crippen LogP contribution in [0.3, 0.4) is 0 Å². The highest BCUT2D eigenvalue weighted by Gasteiger charge is 2.18. The molecule has 0 bridgehead atoms. The molecule has 0 aliphatic rings. The Morgan fingerprint density at radius 2 is 1.79 bits per heavy atom. The number of methoxy groups -OCH3 is 2. The highest BCUT2D eigenvalue weighted by Crippen LogP contribution is 2.28. The van der Waals surface area contributed by atoms with E-state index in [-0.39, 0.29) is 28.6 Å². The van der Waals surface area contributed by atoms with Crippen LogP contribution in [0.25, 0.3) is 0 Å². The highest BCUT2D eigenvalue weighted by molar-refractivity contribution is 7.18. The number of hydrogen-bond donors (Lipinski definition) is 2. The van der Waals surface area contributed by atoms with E-state index in [0.717, 1.165) is 23.5 Å². The van der Waals surface area contributed by atoms with Gasteiger partial charge in [-0.2, -0.15) is 0 Å². The minimum atomic E-state index is -0.546. The molecule has 0 aliphatic carbocycles. The number of halogens is 2. The SMILES string of the molecule is COC(=O)c1cc(CNC(=O)c2sc(NC(=O)c3ccc(F)cc3Cl)cc2C)ccc1OC. The number of rotatable bonds is 7. The van der Waals surface area contributed by atoms with Gasteiger partial charge in [-0.15, -0.1) is 11.3 Å². The molecule has 0 saturated carbocycles. The number of benzene rings is 2. The van der Waals surface area contributed by atoms with Crippen LogP contribution in [-0.2, 0) is 11.3 Å². The van der Waals surface area contributed by atoms with Crippen LogP contribution in [0, 0.1) is 12.7 Å². The van der Waals surface area contributed by atoms with Crippen molar-refractivity contribution in [2.45, 2.75) is 13.5 Å². The van der Waals surface area contributed by atoms with Crippen LogP contribution < -0.4 is 15.4 Å². The van der Waals surface area contributed by atoms with Gasteiger partial charge in [-0.25, -0.2) is 9.18 Å². The maximum absolute atomic E-state index is 13.2. The van der Waals surface area contributed by atoms with Crippen LogP contribution >= 0.6 is 22.9 Å². The Morgan fingerprint density at radius 3 is 2.45 bits per heavy atom. The smallest absolute Gasteiger partial charge is 0.341 e. The zero-order valence-corrected chi connectivity index (χ0v) is 19.5. The van der Waals surface area contributed by atoms with Gasteiger partial charge in [0, 0.05) is 6.54 Å². The number of hydrogen-bond acceptors (Lipinski definition) is 6. The molecule has 33 heavy (non-hydrogen) atoms. The molecule has 1 heterocycles. The van der Waals surface area contributed by atoms with E-state index in [1.807, 2.05) is 0 Å². The summed E-state index contributed by atoms with van der Waals surface area (Å²) in [4.78, 5) is 37.5. The lowest BCUT2D eigenvalue weighted by Gasteiger charge is -2.10. The third-order valence-electron chi connectivity index (χ3n) is 4.66. The number of esters is 1. The van der Waals surface area contributed by atoms with Crippen LogP contribution in [0.15, 0.2) is 42.5 Å². The predicted molar refractivity (Wildman–Crippen MR) is 124 cm³/mol. The number of thiophene rings is 1. The second kappa shape index (κ2) is 10.5. The molecule has 0 saturated heterocycles. The molecule has 0 radical (unpaired) electrons. The fourth-order valence-electron chi connectivity index (χ4n) is 3.02. The van der Waals surface area contributed by atoms with Gasteiger partial charge in [0.15, 0.2) is 0 Å². The van der Waals surface area contributed by atoms with E-state index < -0.39 is 17.7 Å². The lowest BCUT2D eigenvalue weighted by atomic mass is 10.1. The molecule has 2 aromatic carbocycles. The number of ether oxygens (including phenoxy) is 2. The van der Waals surface area contributed by atoms with E-state index in [9.17, 15) is 18.8 Å². The second-order valence-corrected chi connectivity index (χ2v) is 8.37. The number of aryl methyl sites for hydroxylation is 1. The third kappa shape index (κ3) is 5.68. The van der Waals surface area contributed by atoms with Crippen molar-refractivity contribution in [1.29, 1.82) is 0 Å². The van der Waals surface area contributed by atoms with Crippen molar-refractivity contribution in [2.75, 3.05) is 19.5 Å². The predicted octanol–water partition coefficient (Wildman–Crippen LogP) is 4.83. The van der Waals surface area contributed by atoms with E-state index in [1.165, 1.54) is 20.3 Å². The van der Waals surface area contributed by atoms with Gasteiger partial charge in [-0.3, -0.25) is 9.59 Å². The average Bonchev–Trinajstić information content (AvgIpc) is 3.16. The number of anilines is 1. The first kappa shape index (κ1) is 24.2.